The molecule has 158 valence electrons. The summed E-state index contributed by atoms with van der Waals surface area (Å²) < 4.78 is 23.3. The molecule has 0 spiro atoms. The van der Waals surface area contributed by atoms with Gasteiger partial charge in [0, 0.05) is 5.69 Å². The molecule has 10 heteroatoms. The van der Waals surface area contributed by atoms with Crippen LogP contribution in [0.25, 0.3) is 0 Å². The third-order valence-corrected chi connectivity index (χ3v) is 4.20. The molecule has 3 aromatic rings. The van der Waals surface area contributed by atoms with Gasteiger partial charge in [-0.25, -0.2) is 14.6 Å². The average molecular weight is 444 g/mol. The van der Waals surface area contributed by atoms with Gasteiger partial charge in [-0.15, -0.1) is 0 Å². The van der Waals surface area contributed by atoms with Gasteiger partial charge in [0.2, 0.25) is 5.76 Å². The van der Waals surface area contributed by atoms with Crippen LogP contribution in [0.5, 0.6) is 5.75 Å². The Morgan fingerprint density at radius 1 is 1.06 bits per heavy atom. The molecule has 0 bridgehead atoms. The van der Waals surface area contributed by atoms with Gasteiger partial charge in [0.15, 0.2) is 0 Å². The molecule has 1 aromatic heterocycles. The number of ether oxygens (including phenoxy) is 1. The molecule has 1 heterocycles. The van der Waals surface area contributed by atoms with Gasteiger partial charge in [-0.1, -0.05) is 11.6 Å². The number of halogens is 2. The summed E-state index contributed by atoms with van der Waals surface area (Å²) in [5.41, 5.74) is 3.30. The second kappa shape index (κ2) is 9.68. The predicted octanol–water partition coefficient (Wildman–Crippen LogP) is 3.77. The Bertz CT molecular complexity index is 1140. The molecule has 3 rings (SSSR count). The third-order valence-electron chi connectivity index (χ3n) is 3.91. The van der Waals surface area contributed by atoms with Gasteiger partial charge in [-0.3, -0.25) is 9.59 Å². The van der Waals surface area contributed by atoms with Crippen molar-refractivity contribution < 1.29 is 27.9 Å². The molecule has 0 aliphatic heterocycles. The van der Waals surface area contributed by atoms with E-state index in [2.05, 4.69) is 15.8 Å². The molecule has 0 saturated carbocycles. The minimum Gasteiger partial charge on any atom is -0.457 e. The quantitative estimate of drug-likeness (QED) is 0.205. The second-order valence-corrected chi connectivity index (χ2v) is 6.52. The Morgan fingerprint density at radius 2 is 1.81 bits per heavy atom. The third kappa shape index (κ3) is 5.77. The van der Waals surface area contributed by atoms with Crippen molar-refractivity contribution in [2.45, 2.75) is 6.92 Å². The highest BCUT2D eigenvalue weighted by Gasteiger charge is 2.15. The molecule has 2 aromatic carbocycles. The first-order valence-corrected chi connectivity index (χ1v) is 9.18. The number of nitrogens with zero attached hydrogens (tertiary/aromatic N) is 1. The first-order valence-electron chi connectivity index (χ1n) is 8.80. The monoisotopic (exact) mass is 443 g/mol. The van der Waals surface area contributed by atoms with Crippen molar-refractivity contribution in [3.63, 3.8) is 0 Å². The number of esters is 1. The van der Waals surface area contributed by atoms with Gasteiger partial charge in [-0.2, -0.15) is 5.10 Å². The van der Waals surface area contributed by atoms with Gasteiger partial charge in [0.1, 0.15) is 11.6 Å². The number of hydrogen-bond donors (Lipinski definition) is 2. The summed E-state index contributed by atoms with van der Waals surface area (Å²) in [6, 6.07) is 12.9. The molecule has 31 heavy (non-hydrogen) atoms. The fourth-order valence-corrected chi connectivity index (χ4v) is 2.51. The number of anilines is 1. The van der Waals surface area contributed by atoms with Crippen LogP contribution in [-0.2, 0) is 9.59 Å². The number of nitrogens with one attached hydrogen (secondary N) is 2. The molecule has 2 amide bonds. The standard InChI is InChI=1S/C21H15ClFN3O5/c1-12(13-4-7-15(8-5-13)31-21(29)18-3-2-10-30-18)25-26-20(28)19(27)24-14-6-9-17(23)16(22)11-14/h2-11H,1H3,(H,24,27)(H,26,28). The van der Waals surface area contributed by atoms with Crippen LogP contribution in [0.1, 0.15) is 23.0 Å². The maximum atomic E-state index is 13.1. The number of hydrazone groups is 1. The lowest BCUT2D eigenvalue weighted by Crippen LogP contribution is -2.32. The first kappa shape index (κ1) is 21.7. The number of carbonyl (C=O) groups excluding carboxylic acids is 3. The van der Waals surface area contributed by atoms with Crippen LogP contribution in [0, 0.1) is 5.82 Å². The van der Waals surface area contributed by atoms with Crippen molar-refractivity contribution in [3.05, 3.63) is 83.0 Å². The summed E-state index contributed by atoms with van der Waals surface area (Å²) in [5.74, 6) is -2.94. The fourth-order valence-electron chi connectivity index (χ4n) is 2.33. The number of amides is 2. The number of furan rings is 1. The maximum Gasteiger partial charge on any atom is 0.379 e. The minimum atomic E-state index is -1.02. The summed E-state index contributed by atoms with van der Waals surface area (Å²) in [7, 11) is 0. The lowest BCUT2D eigenvalue weighted by atomic mass is 10.1. The highest BCUT2D eigenvalue weighted by atomic mass is 35.5. The van der Waals surface area contributed by atoms with E-state index in [1.807, 2.05) is 0 Å². The van der Waals surface area contributed by atoms with Gasteiger partial charge in [0.05, 0.1) is 17.0 Å². The Hall–Kier alpha value is -3.98. The van der Waals surface area contributed by atoms with E-state index in [0.717, 1.165) is 6.07 Å². The number of hydrogen-bond acceptors (Lipinski definition) is 6. The van der Waals surface area contributed by atoms with Crippen LogP contribution in [0.2, 0.25) is 5.02 Å². The number of benzene rings is 2. The Morgan fingerprint density at radius 3 is 2.45 bits per heavy atom. The molecule has 0 fully saturated rings. The molecule has 0 saturated heterocycles. The van der Waals surface area contributed by atoms with Gasteiger partial charge < -0.3 is 14.5 Å². The smallest absolute Gasteiger partial charge is 0.379 e. The molecule has 0 unspecified atom stereocenters. The van der Waals surface area contributed by atoms with Crippen LogP contribution in [0.3, 0.4) is 0 Å². The van der Waals surface area contributed by atoms with Crippen molar-refractivity contribution >= 4 is 40.8 Å². The Labute approximate surface area is 180 Å². The molecule has 0 aliphatic rings. The van der Waals surface area contributed by atoms with E-state index in [4.69, 9.17) is 20.8 Å². The zero-order valence-corrected chi connectivity index (χ0v) is 16.8. The molecule has 0 aliphatic carbocycles. The van der Waals surface area contributed by atoms with Crippen molar-refractivity contribution in [1.29, 1.82) is 0 Å². The summed E-state index contributed by atoms with van der Waals surface area (Å²) in [6.45, 7) is 1.61. The van der Waals surface area contributed by atoms with Crippen molar-refractivity contribution in [3.8, 4) is 5.75 Å². The van der Waals surface area contributed by atoms with Crippen LogP contribution in [0.15, 0.2) is 70.4 Å². The van der Waals surface area contributed by atoms with E-state index in [1.54, 1.807) is 37.3 Å². The van der Waals surface area contributed by atoms with Crippen molar-refractivity contribution in [2.75, 3.05) is 5.32 Å². The second-order valence-electron chi connectivity index (χ2n) is 6.11. The summed E-state index contributed by atoms with van der Waals surface area (Å²) in [6.07, 6.45) is 1.36. The first-order chi connectivity index (χ1) is 14.8. The molecule has 2 N–H and O–H groups in total. The van der Waals surface area contributed by atoms with E-state index in [9.17, 15) is 18.8 Å². The Balaban J connectivity index is 1.56. The zero-order valence-electron chi connectivity index (χ0n) is 16.0. The van der Waals surface area contributed by atoms with Crippen LogP contribution in [0.4, 0.5) is 10.1 Å². The van der Waals surface area contributed by atoms with Crippen LogP contribution in [-0.4, -0.2) is 23.5 Å². The van der Waals surface area contributed by atoms with Crippen LogP contribution >= 0.6 is 11.6 Å². The Kier molecular flexibility index (Phi) is 6.78. The highest BCUT2D eigenvalue weighted by molar-refractivity contribution is 6.40. The molecular weight excluding hydrogens is 429 g/mol. The average Bonchev–Trinajstić information content (AvgIpc) is 3.30. The van der Waals surface area contributed by atoms with Crippen LogP contribution < -0.4 is 15.5 Å². The van der Waals surface area contributed by atoms with Crippen molar-refractivity contribution in [1.82, 2.24) is 5.43 Å². The molecule has 0 atom stereocenters. The number of carbonyl (C=O) groups is 3. The number of rotatable bonds is 5. The largest absolute Gasteiger partial charge is 0.457 e. The maximum absolute atomic E-state index is 13.1. The van der Waals surface area contributed by atoms with E-state index < -0.39 is 23.6 Å². The summed E-state index contributed by atoms with van der Waals surface area (Å²) >= 11 is 5.63. The summed E-state index contributed by atoms with van der Waals surface area (Å²) in [5, 5.41) is 5.96. The van der Waals surface area contributed by atoms with E-state index in [0.29, 0.717) is 17.0 Å². The van der Waals surface area contributed by atoms with Gasteiger partial charge in [0.25, 0.3) is 0 Å². The zero-order chi connectivity index (χ0) is 22.4. The molecule has 8 nitrogen and oxygen atoms in total. The lowest BCUT2D eigenvalue weighted by Gasteiger charge is -2.06. The molecular formula is C21H15ClFN3O5. The fraction of sp³-hybridized carbons (Fsp3) is 0.0476. The van der Waals surface area contributed by atoms with Crippen molar-refractivity contribution in [2.24, 2.45) is 5.10 Å². The minimum absolute atomic E-state index is 0.0747. The van der Waals surface area contributed by atoms with Gasteiger partial charge >= 0.3 is 17.8 Å². The predicted molar refractivity (Wildman–Crippen MR) is 111 cm³/mol. The topological polar surface area (TPSA) is 110 Å². The summed E-state index contributed by atoms with van der Waals surface area (Å²) in [4.78, 5) is 35.7. The lowest BCUT2D eigenvalue weighted by molar-refractivity contribution is -0.136. The SMILES string of the molecule is CC(=NNC(=O)C(=O)Nc1ccc(F)c(Cl)c1)c1ccc(OC(=O)c2ccco2)cc1. The van der Waals surface area contributed by atoms with E-state index in [1.165, 1.54) is 24.5 Å². The van der Waals surface area contributed by atoms with E-state index in [-0.39, 0.29) is 16.5 Å². The van der Waals surface area contributed by atoms with E-state index >= 15 is 0 Å². The normalized spacial score (nSPS) is 11.0. The highest BCUT2D eigenvalue weighted by Crippen LogP contribution is 2.19. The van der Waals surface area contributed by atoms with Gasteiger partial charge in [-0.05, 0) is 67.1 Å². The molecule has 0 radical (unpaired) electrons.